The summed E-state index contributed by atoms with van der Waals surface area (Å²) < 4.78 is 0. The van der Waals surface area contributed by atoms with Crippen molar-refractivity contribution in [2.75, 3.05) is 0 Å². The quantitative estimate of drug-likeness (QED) is 0.384. The molecule has 1 heteroatoms. The van der Waals surface area contributed by atoms with Crippen LogP contribution in [0.5, 0.6) is 0 Å². The van der Waals surface area contributed by atoms with Gasteiger partial charge in [0.25, 0.3) is 0 Å². The summed E-state index contributed by atoms with van der Waals surface area (Å²) in [6.45, 7) is 0. The van der Waals surface area contributed by atoms with Crippen LogP contribution in [0.15, 0.2) is 0 Å². The molecule has 0 amide bonds. The van der Waals surface area contributed by atoms with E-state index in [2.05, 4.69) is 0 Å². The third-order valence-electron chi connectivity index (χ3n) is 5.00. The summed E-state index contributed by atoms with van der Waals surface area (Å²) in [7, 11) is 0. The molecule has 4 rings (SSSR count). The summed E-state index contributed by atoms with van der Waals surface area (Å²) in [5, 5.41) is 0. The summed E-state index contributed by atoms with van der Waals surface area (Å²) in [6.07, 6.45) is 30.0. The van der Waals surface area contributed by atoms with Crippen molar-refractivity contribution in [3.8, 4) is 0 Å². The molecule has 0 saturated heterocycles. The average molecular weight is 352 g/mol. The van der Waals surface area contributed by atoms with Gasteiger partial charge in [0.1, 0.15) is 0 Å². The zero-order valence-electron chi connectivity index (χ0n) is 14.5. The number of hydrogen-bond donors (Lipinski definition) is 0. The van der Waals surface area contributed by atoms with Crippen LogP contribution in [0.4, 0.5) is 0 Å². The van der Waals surface area contributed by atoms with Gasteiger partial charge < -0.3 is 0 Å². The second-order valence-corrected chi connectivity index (χ2v) is 7.07. The summed E-state index contributed by atoms with van der Waals surface area (Å²) >= 11 is 0. The summed E-state index contributed by atoms with van der Waals surface area (Å²) in [5.74, 6) is 0. The van der Waals surface area contributed by atoms with Crippen molar-refractivity contribution in [2.24, 2.45) is 0 Å². The number of hydrogen-bond acceptors (Lipinski definition) is 0. The van der Waals surface area contributed by atoms with Crippen molar-refractivity contribution in [1.82, 2.24) is 0 Å². The Kier molecular flexibility index (Phi) is 24.2. The third kappa shape index (κ3) is 18.6. The van der Waals surface area contributed by atoms with Crippen molar-refractivity contribution in [2.45, 2.75) is 136 Å². The molecule has 0 nitrogen and oxygen atoms in total. The van der Waals surface area contributed by atoms with Gasteiger partial charge in [-0.05, 0) is 0 Å². The van der Waals surface area contributed by atoms with Gasteiger partial charge >= 0.3 is 0 Å². The fourth-order valence-electron chi connectivity index (χ4n) is 3.54. The van der Waals surface area contributed by atoms with Gasteiger partial charge in [0.15, 0.2) is 0 Å². The van der Waals surface area contributed by atoms with Crippen LogP contribution in [0.25, 0.3) is 0 Å². The molecule has 4 saturated carbocycles. The molecule has 136 valence electrons. The second kappa shape index (κ2) is 21.5. The van der Waals surface area contributed by atoms with Crippen LogP contribution in [0.3, 0.4) is 0 Å². The van der Waals surface area contributed by atoms with Crippen LogP contribution in [0.1, 0.15) is 136 Å². The summed E-state index contributed by atoms with van der Waals surface area (Å²) in [4.78, 5) is 0. The minimum absolute atomic E-state index is 0. The fraction of sp³-hybridized carbons (Fsp3) is 1.00. The maximum atomic E-state index is 1.50. The van der Waals surface area contributed by atoms with E-state index < -0.39 is 0 Å². The van der Waals surface area contributed by atoms with Gasteiger partial charge in [0.05, 0.1) is 0 Å². The molecule has 0 N–H and O–H groups in total. The molecular formula is C21H44Fe. The average Bonchev–Trinajstić information content (AvgIpc) is 3.40. The van der Waals surface area contributed by atoms with Gasteiger partial charge in [-0.25, -0.2) is 0 Å². The first-order valence-corrected chi connectivity index (χ1v) is 10.00. The Morgan fingerprint density at radius 2 is 0.227 bits per heavy atom. The largest absolute Gasteiger partial charge is 0.0776 e. The second-order valence-electron chi connectivity index (χ2n) is 7.07. The SMILES string of the molecule is C.C1CCCC1.C1CCCC1.C1CCCC1.C1CCCC1.[Fe]. The van der Waals surface area contributed by atoms with Gasteiger partial charge in [0, 0.05) is 17.1 Å². The van der Waals surface area contributed by atoms with E-state index in [4.69, 9.17) is 0 Å². The van der Waals surface area contributed by atoms with Crippen molar-refractivity contribution < 1.29 is 17.1 Å². The molecule has 0 heterocycles. The third-order valence-corrected chi connectivity index (χ3v) is 5.00. The molecular weight excluding hydrogens is 308 g/mol. The topological polar surface area (TPSA) is 0 Å². The molecule has 0 spiro atoms. The first kappa shape index (κ1) is 24.8. The molecule has 0 atom stereocenters. The Labute approximate surface area is 153 Å². The van der Waals surface area contributed by atoms with E-state index in [1.807, 2.05) is 0 Å². The molecule has 0 radical (unpaired) electrons. The minimum atomic E-state index is 0. The molecule has 22 heavy (non-hydrogen) atoms. The number of rotatable bonds is 0. The minimum Gasteiger partial charge on any atom is -0.0776 e. The van der Waals surface area contributed by atoms with E-state index in [0.29, 0.717) is 0 Å². The maximum Gasteiger partial charge on any atom is 0 e. The predicted octanol–water partition coefficient (Wildman–Crippen LogP) is 8.44. The van der Waals surface area contributed by atoms with Crippen molar-refractivity contribution in [3.63, 3.8) is 0 Å². The molecule has 0 aromatic heterocycles. The molecule has 4 aliphatic carbocycles. The predicted molar refractivity (Wildman–Crippen MR) is 99.1 cm³/mol. The summed E-state index contributed by atoms with van der Waals surface area (Å²) in [5.41, 5.74) is 0. The van der Waals surface area contributed by atoms with E-state index in [1.54, 1.807) is 0 Å². The van der Waals surface area contributed by atoms with Gasteiger partial charge in [-0.2, -0.15) is 0 Å². The van der Waals surface area contributed by atoms with Crippen LogP contribution in [0.2, 0.25) is 0 Å². The Morgan fingerprint density at radius 3 is 0.273 bits per heavy atom. The van der Waals surface area contributed by atoms with Crippen LogP contribution in [-0.2, 0) is 17.1 Å². The summed E-state index contributed by atoms with van der Waals surface area (Å²) in [6, 6.07) is 0. The van der Waals surface area contributed by atoms with Gasteiger partial charge in [-0.3, -0.25) is 0 Å². The van der Waals surface area contributed by atoms with Crippen molar-refractivity contribution in [3.05, 3.63) is 0 Å². The Bertz CT molecular complexity index is 92.3. The maximum absolute atomic E-state index is 1.50. The van der Waals surface area contributed by atoms with Gasteiger partial charge in [-0.1, -0.05) is 136 Å². The first-order valence-electron chi connectivity index (χ1n) is 10.00. The standard InChI is InChI=1S/4C5H10.CH4.Fe/c4*1-2-4-5-3-1;;/h4*1-5H2;1H4;. The van der Waals surface area contributed by atoms with E-state index in [9.17, 15) is 0 Å². The molecule has 4 fully saturated rings. The van der Waals surface area contributed by atoms with E-state index in [1.165, 1.54) is 128 Å². The Morgan fingerprint density at radius 1 is 0.182 bits per heavy atom. The van der Waals surface area contributed by atoms with E-state index in [-0.39, 0.29) is 24.5 Å². The van der Waals surface area contributed by atoms with Gasteiger partial charge in [0.2, 0.25) is 0 Å². The van der Waals surface area contributed by atoms with E-state index >= 15 is 0 Å². The monoisotopic (exact) mass is 352 g/mol. The fourth-order valence-corrected chi connectivity index (χ4v) is 3.54. The normalized spacial score (nSPS) is 21.8. The molecule has 0 unspecified atom stereocenters. The van der Waals surface area contributed by atoms with Crippen LogP contribution < -0.4 is 0 Å². The first-order chi connectivity index (χ1) is 10.0. The molecule has 0 aliphatic heterocycles. The Hall–Kier alpha value is 0.519. The zero-order valence-corrected chi connectivity index (χ0v) is 15.6. The van der Waals surface area contributed by atoms with Crippen molar-refractivity contribution >= 4 is 0 Å². The molecule has 0 aromatic carbocycles. The van der Waals surface area contributed by atoms with Gasteiger partial charge in [-0.15, -0.1) is 0 Å². The zero-order chi connectivity index (χ0) is 14.1. The molecule has 4 aliphatic rings. The van der Waals surface area contributed by atoms with E-state index in [0.717, 1.165) is 0 Å². The van der Waals surface area contributed by atoms with Crippen LogP contribution in [0, 0.1) is 0 Å². The molecule has 0 aromatic rings. The van der Waals surface area contributed by atoms with Crippen LogP contribution >= 0.6 is 0 Å². The Balaban J connectivity index is 0. The van der Waals surface area contributed by atoms with Crippen molar-refractivity contribution in [1.29, 1.82) is 0 Å². The van der Waals surface area contributed by atoms with Crippen LogP contribution in [-0.4, -0.2) is 0 Å². The molecule has 0 bridgehead atoms. The smallest absolute Gasteiger partial charge is 0 e.